The molecule has 4 saturated carbocycles. The van der Waals surface area contributed by atoms with Gasteiger partial charge in [-0.3, -0.25) is 4.68 Å². The van der Waals surface area contributed by atoms with Crippen molar-refractivity contribution in [3.05, 3.63) is 11.3 Å². The summed E-state index contributed by atoms with van der Waals surface area (Å²) in [5, 5.41) is 4.65. The van der Waals surface area contributed by atoms with Crippen LogP contribution in [0.5, 0.6) is 0 Å². The molecule has 1 aromatic heterocycles. The third kappa shape index (κ3) is 1.60. The van der Waals surface area contributed by atoms with Crippen LogP contribution in [0.15, 0.2) is 0 Å². The molecule has 1 aromatic rings. The summed E-state index contributed by atoms with van der Waals surface area (Å²) in [4.78, 5) is 0. The van der Waals surface area contributed by atoms with Crippen molar-refractivity contribution in [2.24, 2.45) is 30.7 Å². The van der Waals surface area contributed by atoms with Crippen molar-refractivity contribution in [3.63, 3.8) is 0 Å². The molecule has 0 aliphatic heterocycles. The van der Waals surface area contributed by atoms with Gasteiger partial charge in [0.25, 0.3) is 0 Å². The Morgan fingerprint density at radius 2 is 1.68 bits per heavy atom. The number of rotatable bonds is 2. The van der Waals surface area contributed by atoms with Crippen molar-refractivity contribution < 1.29 is 0 Å². The predicted molar refractivity (Wildman–Crippen MR) is 76.8 cm³/mol. The molecule has 3 nitrogen and oxygen atoms in total. The zero-order chi connectivity index (χ0) is 13.1. The standard InChI is InChI=1S/C16H25N3/c1-3-13-15(16(17)19(2)18-13)14-11-5-9-4-10(7-11)8-12(14)6-9/h9-12,14H,3-8,17H2,1-2H3. The zero-order valence-corrected chi connectivity index (χ0v) is 12.1. The first-order chi connectivity index (χ1) is 9.17. The van der Waals surface area contributed by atoms with Gasteiger partial charge >= 0.3 is 0 Å². The van der Waals surface area contributed by atoms with Crippen molar-refractivity contribution in [1.29, 1.82) is 0 Å². The Balaban J connectivity index is 1.76. The summed E-state index contributed by atoms with van der Waals surface area (Å²) < 4.78 is 1.90. The summed E-state index contributed by atoms with van der Waals surface area (Å²) in [6.07, 6.45) is 8.35. The van der Waals surface area contributed by atoms with Crippen LogP contribution in [-0.4, -0.2) is 9.78 Å². The molecule has 0 unspecified atom stereocenters. The first-order valence-corrected chi connectivity index (χ1v) is 7.98. The van der Waals surface area contributed by atoms with Crippen LogP contribution in [0, 0.1) is 23.7 Å². The molecule has 3 heteroatoms. The van der Waals surface area contributed by atoms with E-state index in [1.165, 1.54) is 43.4 Å². The Morgan fingerprint density at radius 3 is 2.21 bits per heavy atom. The number of aromatic nitrogens is 2. The van der Waals surface area contributed by atoms with Crippen LogP contribution in [0.25, 0.3) is 0 Å². The summed E-state index contributed by atoms with van der Waals surface area (Å²) >= 11 is 0. The van der Waals surface area contributed by atoms with Gasteiger partial charge in [0.1, 0.15) is 5.82 Å². The van der Waals surface area contributed by atoms with E-state index in [0.29, 0.717) is 0 Å². The average molecular weight is 259 g/mol. The minimum absolute atomic E-state index is 0.719. The number of hydrogen-bond donors (Lipinski definition) is 1. The van der Waals surface area contributed by atoms with Gasteiger partial charge in [0.05, 0.1) is 5.69 Å². The van der Waals surface area contributed by atoms with E-state index < -0.39 is 0 Å². The van der Waals surface area contributed by atoms with Crippen molar-refractivity contribution in [2.45, 2.75) is 51.4 Å². The van der Waals surface area contributed by atoms with Gasteiger partial charge in [-0.15, -0.1) is 0 Å². The van der Waals surface area contributed by atoms with E-state index in [1.807, 2.05) is 11.7 Å². The van der Waals surface area contributed by atoms with Crippen molar-refractivity contribution in [2.75, 3.05) is 5.73 Å². The highest BCUT2D eigenvalue weighted by molar-refractivity contribution is 5.47. The van der Waals surface area contributed by atoms with Gasteiger partial charge < -0.3 is 5.73 Å². The highest BCUT2D eigenvalue weighted by Gasteiger charge is 2.50. The molecular formula is C16H25N3. The number of aryl methyl sites for hydroxylation is 2. The third-order valence-corrected chi connectivity index (χ3v) is 6.10. The van der Waals surface area contributed by atoms with Gasteiger partial charge in [0, 0.05) is 12.6 Å². The molecule has 4 aliphatic rings. The second kappa shape index (κ2) is 4.00. The molecule has 2 N–H and O–H groups in total. The van der Waals surface area contributed by atoms with Crippen molar-refractivity contribution >= 4 is 5.82 Å². The SMILES string of the molecule is CCc1nn(C)c(N)c1C1C2CC3CC(C2)CC1C3. The van der Waals surface area contributed by atoms with E-state index in [2.05, 4.69) is 12.0 Å². The Labute approximate surface area is 115 Å². The van der Waals surface area contributed by atoms with Gasteiger partial charge in [0.2, 0.25) is 0 Å². The summed E-state index contributed by atoms with van der Waals surface area (Å²) in [6, 6.07) is 0. The number of nitrogens with zero attached hydrogens (tertiary/aromatic N) is 2. The fourth-order valence-electron chi connectivity index (χ4n) is 5.63. The lowest BCUT2D eigenvalue weighted by molar-refractivity contribution is -0.00282. The Morgan fingerprint density at radius 1 is 1.11 bits per heavy atom. The molecule has 4 fully saturated rings. The molecule has 0 atom stereocenters. The van der Waals surface area contributed by atoms with Crippen LogP contribution in [-0.2, 0) is 13.5 Å². The predicted octanol–water partition coefficient (Wildman–Crippen LogP) is 3.10. The topological polar surface area (TPSA) is 43.8 Å². The molecule has 4 aliphatic carbocycles. The summed E-state index contributed by atoms with van der Waals surface area (Å²) in [6.45, 7) is 2.21. The second-order valence-electron chi connectivity index (χ2n) is 7.18. The monoisotopic (exact) mass is 259 g/mol. The van der Waals surface area contributed by atoms with Crippen molar-refractivity contribution in [3.8, 4) is 0 Å². The van der Waals surface area contributed by atoms with Gasteiger partial charge in [-0.25, -0.2) is 0 Å². The Hall–Kier alpha value is -0.990. The number of nitrogen functional groups attached to an aromatic ring is 1. The molecule has 0 amide bonds. The molecule has 0 aromatic carbocycles. The third-order valence-electron chi connectivity index (χ3n) is 6.10. The van der Waals surface area contributed by atoms with Gasteiger partial charge in [-0.05, 0) is 68.1 Å². The van der Waals surface area contributed by atoms with Crippen molar-refractivity contribution in [1.82, 2.24) is 9.78 Å². The molecule has 104 valence electrons. The van der Waals surface area contributed by atoms with Crippen LogP contribution in [0.1, 0.15) is 56.2 Å². The number of hydrogen-bond acceptors (Lipinski definition) is 2. The molecule has 4 bridgehead atoms. The smallest absolute Gasteiger partial charge is 0.125 e. The maximum atomic E-state index is 6.36. The van der Waals surface area contributed by atoms with E-state index in [-0.39, 0.29) is 0 Å². The maximum Gasteiger partial charge on any atom is 0.125 e. The molecule has 19 heavy (non-hydrogen) atoms. The Kier molecular flexibility index (Phi) is 2.49. The zero-order valence-electron chi connectivity index (χ0n) is 12.1. The first-order valence-electron chi connectivity index (χ1n) is 7.98. The van der Waals surface area contributed by atoms with E-state index >= 15 is 0 Å². The van der Waals surface area contributed by atoms with Gasteiger partial charge in [-0.2, -0.15) is 5.10 Å². The fraction of sp³-hybridized carbons (Fsp3) is 0.812. The molecule has 1 heterocycles. The van der Waals surface area contributed by atoms with Crippen LogP contribution >= 0.6 is 0 Å². The lowest BCUT2D eigenvalue weighted by atomic mass is 9.50. The van der Waals surface area contributed by atoms with E-state index in [1.54, 1.807) is 0 Å². The summed E-state index contributed by atoms with van der Waals surface area (Å²) in [5.74, 6) is 5.51. The van der Waals surface area contributed by atoms with E-state index in [0.717, 1.165) is 41.8 Å². The van der Waals surface area contributed by atoms with Gasteiger partial charge in [-0.1, -0.05) is 6.92 Å². The van der Waals surface area contributed by atoms with E-state index in [4.69, 9.17) is 5.73 Å². The number of anilines is 1. The lowest BCUT2D eigenvalue weighted by Gasteiger charge is -2.54. The van der Waals surface area contributed by atoms with Crippen LogP contribution in [0.4, 0.5) is 5.82 Å². The molecule has 0 saturated heterocycles. The fourth-order valence-corrected chi connectivity index (χ4v) is 5.63. The largest absolute Gasteiger partial charge is 0.384 e. The molecule has 0 spiro atoms. The first kappa shape index (κ1) is 11.8. The van der Waals surface area contributed by atoms with Crippen LogP contribution in [0.3, 0.4) is 0 Å². The highest BCUT2D eigenvalue weighted by Crippen LogP contribution is 2.60. The molecule has 5 rings (SSSR count). The summed E-state index contributed by atoms with van der Waals surface area (Å²) in [7, 11) is 1.99. The second-order valence-corrected chi connectivity index (χ2v) is 7.18. The maximum absolute atomic E-state index is 6.36. The van der Waals surface area contributed by atoms with E-state index in [9.17, 15) is 0 Å². The Bertz CT molecular complexity index is 474. The minimum atomic E-state index is 0.719. The quantitative estimate of drug-likeness (QED) is 0.887. The number of nitrogens with two attached hydrogens (primary N) is 1. The van der Waals surface area contributed by atoms with Gasteiger partial charge in [0.15, 0.2) is 0 Å². The van der Waals surface area contributed by atoms with Crippen LogP contribution < -0.4 is 5.73 Å². The highest BCUT2D eigenvalue weighted by atomic mass is 15.3. The van der Waals surface area contributed by atoms with Crippen LogP contribution in [0.2, 0.25) is 0 Å². The molecule has 0 radical (unpaired) electrons. The lowest BCUT2D eigenvalue weighted by Crippen LogP contribution is -2.44. The average Bonchev–Trinajstić information content (AvgIpc) is 2.65. The minimum Gasteiger partial charge on any atom is -0.384 e. The molecular weight excluding hydrogens is 234 g/mol. The normalized spacial score (nSPS) is 40.0. The summed E-state index contributed by atoms with van der Waals surface area (Å²) in [5.41, 5.74) is 9.05.